The normalized spacial score (nSPS) is 26.4. The molecule has 1 nitrogen and oxygen atoms in total. The van der Waals surface area contributed by atoms with Crippen LogP contribution < -0.4 is 4.90 Å². The summed E-state index contributed by atoms with van der Waals surface area (Å²) in [6.07, 6.45) is 15.2. The zero-order valence-electron chi connectivity index (χ0n) is 15.3. The molecule has 1 heterocycles. The van der Waals surface area contributed by atoms with Gasteiger partial charge in [0.25, 0.3) is 0 Å². The summed E-state index contributed by atoms with van der Waals surface area (Å²) in [5, 5.41) is 0. The maximum atomic E-state index is 2.50. The number of allylic oxidation sites excluding steroid dienone is 4. The Hall–Kier alpha value is -2.54. The lowest BCUT2D eigenvalue weighted by Crippen LogP contribution is -2.28. The molecule has 0 fully saturated rings. The lowest BCUT2D eigenvalue weighted by Gasteiger charge is -2.29. The van der Waals surface area contributed by atoms with E-state index in [1.807, 2.05) is 0 Å². The lowest BCUT2D eigenvalue weighted by atomic mass is 9.87. The van der Waals surface area contributed by atoms with E-state index in [0.717, 1.165) is 5.92 Å². The van der Waals surface area contributed by atoms with E-state index >= 15 is 0 Å². The molecule has 2 aromatic rings. The first kappa shape index (κ1) is 15.7. The smallest absolute Gasteiger partial charge is 0.0629 e. The molecule has 26 heavy (non-hydrogen) atoms. The Labute approximate surface area is 156 Å². The van der Waals surface area contributed by atoms with E-state index in [1.54, 1.807) is 0 Å². The van der Waals surface area contributed by atoms with Crippen LogP contribution in [-0.2, 0) is 0 Å². The maximum Gasteiger partial charge on any atom is 0.0629 e. The average molecular weight is 339 g/mol. The summed E-state index contributed by atoms with van der Waals surface area (Å²) in [6.45, 7) is 2.35. The SMILES string of the molecule is CC1CC=C(c2ccc(N3c4ccccc4C4C=CC=CC43)cc2)CC1. The van der Waals surface area contributed by atoms with Crippen molar-refractivity contribution in [2.24, 2.45) is 5.92 Å². The van der Waals surface area contributed by atoms with Crippen molar-refractivity contribution in [1.29, 1.82) is 0 Å². The number of hydrogen-bond acceptors (Lipinski definition) is 1. The second kappa shape index (κ2) is 6.32. The van der Waals surface area contributed by atoms with E-state index in [4.69, 9.17) is 0 Å². The van der Waals surface area contributed by atoms with E-state index < -0.39 is 0 Å². The highest BCUT2D eigenvalue weighted by Gasteiger charge is 2.36. The van der Waals surface area contributed by atoms with Gasteiger partial charge in [0.05, 0.1) is 6.04 Å². The summed E-state index contributed by atoms with van der Waals surface area (Å²) in [7, 11) is 0. The van der Waals surface area contributed by atoms with Gasteiger partial charge < -0.3 is 4.90 Å². The number of nitrogens with zero attached hydrogens (tertiary/aromatic N) is 1. The van der Waals surface area contributed by atoms with Crippen molar-refractivity contribution in [1.82, 2.24) is 0 Å². The summed E-state index contributed by atoms with van der Waals surface area (Å²) in [6, 6.07) is 18.5. The number of rotatable bonds is 2. The highest BCUT2D eigenvalue weighted by atomic mass is 15.2. The van der Waals surface area contributed by atoms with Crippen molar-refractivity contribution in [3.05, 3.63) is 90.0 Å². The van der Waals surface area contributed by atoms with Gasteiger partial charge in [-0.1, -0.05) is 67.6 Å². The van der Waals surface area contributed by atoms with Crippen LogP contribution >= 0.6 is 0 Å². The van der Waals surface area contributed by atoms with Crippen molar-refractivity contribution in [2.75, 3.05) is 4.90 Å². The van der Waals surface area contributed by atoms with Gasteiger partial charge in [0, 0.05) is 17.3 Å². The van der Waals surface area contributed by atoms with Crippen LogP contribution in [0.25, 0.3) is 5.57 Å². The molecular weight excluding hydrogens is 314 g/mol. The molecule has 2 aromatic carbocycles. The number of fused-ring (bicyclic) bond motifs is 3. The summed E-state index contributed by atoms with van der Waals surface area (Å²) >= 11 is 0. The van der Waals surface area contributed by atoms with Crippen molar-refractivity contribution >= 4 is 16.9 Å². The number of benzene rings is 2. The number of para-hydroxylation sites is 1. The molecule has 0 amide bonds. The van der Waals surface area contributed by atoms with Crippen molar-refractivity contribution < 1.29 is 0 Å². The van der Waals surface area contributed by atoms with Gasteiger partial charge in [-0.15, -0.1) is 0 Å². The molecule has 0 N–H and O–H groups in total. The number of hydrogen-bond donors (Lipinski definition) is 0. The Morgan fingerprint density at radius 2 is 1.73 bits per heavy atom. The molecule has 5 rings (SSSR count). The van der Waals surface area contributed by atoms with Crippen LogP contribution in [0, 0.1) is 5.92 Å². The Balaban J connectivity index is 1.50. The third-order valence-corrected chi connectivity index (χ3v) is 6.15. The molecule has 3 unspecified atom stereocenters. The average Bonchev–Trinajstić information content (AvgIpc) is 3.03. The Kier molecular flexibility index (Phi) is 3.81. The van der Waals surface area contributed by atoms with Gasteiger partial charge in [0.15, 0.2) is 0 Å². The second-order valence-electron chi connectivity index (χ2n) is 7.87. The van der Waals surface area contributed by atoms with Crippen LogP contribution in [0.5, 0.6) is 0 Å². The van der Waals surface area contributed by atoms with E-state index in [2.05, 4.69) is 90.7 Å². The van der Waals surface area contributed by atoms with Crippen LogP contribution in [0.3, 0.4) is 0 Å². The first-order valence-electron chi connectivity index (χ1n) is 9.84. The molecular formula is C25H25N. The molecule has 0 radical (unpaired) electrons. The van der Waals surface area contributed by atoms with Crippen LogP contribution in [-0.4, -0.2) is 6.04 Å². The first-order chi connectivity index (χ1) is 12.8. The molecule has 1 heteroatoms. The Morgan fingerprint density at radius 1 is 0.923 bits per heavy atom. The minimum Gasteiger partial charge on any atom is -0.333 e. The van der Waals surface area contributed by atoms with Crippen molar-refractivity contribution in [3.63, 3.8) is 0 Å². The molecule has 2 aliphatic carbocycles. The Morgan fingerprint density at radius 3 is 2.54 bits per heavy atom. The summed E-state index contributed by atoms with van der Waals surface area (Å²) in [4.78, 5) is 2.50. The van der Waals surface area contributed by atoms with Crippen molar-refractivity contribution in [2.45, 2.75) is 38.1 Å². The van der Waals surface area contributed by atoms with E-state index in [9.17, 15) is 0 Å². The van der Waals surface area contributed by atoms with Crippen molar-refractivity contribution in [3.8, 4) is 0 Å². The molecule has 0 aromatic heterocycles. The van der Waals surface area contributed by atoms with Crippen LogP contribution in [0.1, 0.15) is 43.2 Å². The Bertz CT molecular complexity index is 900. The van der Waals surface area contributed by atoms with Crippen LogP contribution in [0.15, 0.2) is 78.9 Å². The van der Waals surface area contributed by atoms with Gasteiger partial charge in [-0.3, -0.25) is 0 Å². The number of anilines is 2. The fourth-order valence-electron chi connectivity index (χ4n) is 4.65. The maximum absolute atomic E-state index is 2.50. The third-order valence-electron chi connectivity index (χ3n) is 6.15. The quantitative estimate of drug-likeness (QED) is 0.594. The zero-order valence-corrected chi connectivity index (χ0v) is 15.3. The first-order valence-corrected chi connectivity index (χ1v) is 9.84. The van der Waals surface area contributed by atoms with Gasteiger partial charge in [0.1, 0.15) is 0 Å². The van der Waals surface area contributed by atoms with Gasteiger partial charge in [0.2, 0.25) is 0 Å². The fraction of sp³-hybridized carbons (Fsp3) is 0.280. The van der Waals surface area contributed by atoms with Gasteiger partial charge in [-0.2, -0.15) is 0 Å². The topological polar surface area (TPSA) is 3.24 Å². The predicted molar refractivity (Wildman–Crippen MR) is 111 cm³/mol. The second-order valence-corrected chi connectivity index (χ2v) is 7.87. The van der Waals surface area contributed by atoms with E-state index in [1.165, 1.54) is 47.3 Å². The summed E-state index contributed by atoms with van der Waals surface area (Å²) in [5.74, 6) is 1.29. The fourth-order valence-corrected chi connectivity index (χ4v) is 4.65. The molecule has 3 aliphatic rings. The highest BCUT2D eigenvalue weighted by Crippen LogP contribution is 2.47. The highest BCUT2D eigenvalue weighted by molar-refractivity contribution is 5.76. The standard InChI is InChI=1S/C25H25N/c1-18-10-12-19(13-11-18)20-14-16-21(17-15-20)26-24-8-4-2-6-22(24)23-7-3-5-9-25(23)26/h2-9,12,14-18,22,24H,10-11,13H2,1H3. The largest absolute Gasteiger partial charge is 0.333 e. The lowest BCUT2D eigenvalue weighted by molar-refractivity contribution is 0.534. The van der Waals surface area contributed by atoms with Gasteiger partial charge in [-0.25, -0.2) is 0 Å². The van der Waals surface area contributed by atoms with Gasteiger partial charge >= 0.3 is 0 Å². The van der Waals surface area contributed by atoms with Crippen LogP contribution in [0.4, 0.5) is 11.4 Å². The minimum atomic E-state index is 0.387. The van der Waals surface area contributed by atoms with Gasteiger partial charge in [-0.05, 0) is 60.1 Å². The molecule has 130 valence electrons. The van der Waals surface area contributed by atoms with E-state index in [-0.39, 0.29) is 0 Å². The molecule has 1 aliphatic heterocycles. The molecule has 0 saturated carbocycles. The zero-order chi connectivity index (χ0) is 17.5. The predicted octanol–water partition coefficient (Wildman–Crippen LogP) is 6.62. The summed E-state index contributed by atoms with van der Waals surface area (Å²) in [5.41, 5.74) is 6.99. The molecule has 0 bridgehead atoms. The molecule has 3 atom stereocenters. The molecule has 0 spiro atoms. The summed E-state index contributed by atoms with van der Waals surface area (Å²) < 4.78 is 0. The third kappa shape index (κ3) is 2.54. The minimum absolute atomic E-state index is 0.387. The monoisotopic (exact) mass is 339 g/mol. The molecule has 0 saturated heterocycles. The van der Waals surface area contributed by atoms with E-state index in [0.29, 0.717) is 12.0 Å². The van der Waals surface area contributed by atoms with Crippen LogP contribution in [0.2, 0.25) is 0 Å².